The summed E-state index contributed by atoms with van der Waals surface area (Å²) >= 11 is 0. The molecule has 0 aliphatic carbocycles. The molecule has 0 bridgehead atoms. The Hall–Kier alpha value is -3.26. The molecule has 1 saturated heterocycles. The lowest BCUT2D eigenvalue weighted by atomic mass is 10.1. The zero-order chi connectivity index (χ0) is 21.4. The van der Waals surface area contributed by atoms with Crippen LogP contribution in [0.25, 0.3) is 10.9 Å². The summed E-state index contributed by atoms with van der Waals surface area (Å²) < 4.78 is 1.84. The fourth-order valence-corrected chi connectivity index (χ4v) is 4.49. The Morgan fingerprint density at radius 2 is 1.84 bits per heavy atom. The summed E-state index contributed by atoms with van der Waals surface area (Å²) in [4.78, 5) is 34.1. The Balaban J connectivity index is 1.39. The number of nitrogens with zero attached hydrogens (tertiary/aromatic N) is 5. The minimum absolute atomic E-state index is 0.0414. The number of pyridine rings is 1. The highest BCUT2D eigenvalue weighted by Gasteiger charge is 2.28. The molecule has 2 amide bonds. The summed E-state index contributed by atoms with van der Waals surface area (Å²) in [6.45, 7) is 2.67. The summed E-state index contributed by atoms with van der Waals surface area (Å²) in [6, 6.07) is 11.2. The van der Waals surface area contributed by atoms with Gasteiger partial charge in [-0.25, -0.2) is 0 Å². The van der Waals surface area contributed by atoms with Crippen LogP contribution in [-0.4, -0.2) is 67.2 Å². The predicted molar refractivity (Wildman–Crippen MR) is 114 cm³/mol. The number of β-amino-alcohol motifs (C(OH)–C–C–N with tert-alkyl or cyclic N) is 1. The largest absolute Gasteiger partial charge is 0.391 e. The van der Waals surface area contributed by atoms with Gasteiger partial charge in [0.25, 0.3) is 11.8 Å². The molecule has 8 heteroatoms. The fourth-order valence-electron chi connectivity index (χ4n) is 4.49. The van der Waals surface area contributed by atoms with Gasteiger partial charge in [0.15, 0.2) is 5.69 Å². The highest BCUT2D eigenvalue weighted by Crippen LogP contribution is 2.22. The van der Waals surface area contributed by atoms with E-state index in [2.05, 4.69) is 10.1 Å². The number of aliphatic hydroxyl groups excluding tert-OH is 1. The van der Waals surface area contributed by atoms with Gasteiger partial charge < -0.3 is 14.9 Å². The summed E-state index contributed by atoms with van der Waals surface area (Å²) in [6.07, 6.45) is 3.48. The molecule has 0 spiro atoms. The van der Waals surface area contributed by atoms with Crippen LogP contribution in [0.4, 0.5) is 0 Å². The van der Waals surface area contributed by atoms with Gasteiger partial charge in [0.05, 0.1) is 29.4 Å². The molecule has 1 fully saturated rings. The predicted octanol–water partition coefficient (Wildman–Crippen LogP) is 2.07. The molecule has 5 rings (SSSR count). The fraction of sp³-hybridized carbons (Fsp3) is 0.391. The van der Waals surface area contributed by atoms with E-state index < -0.39 is 6.10 Å². The first-order valence-corrected chi connectivity index (χ1v) is 10.8. The standard InChI is InChI=1S/C23H25N5O3/c29-17-5-3-10-27(15-17)23(31)21-13-16-14-26(11-4-12-28(16)25-21)22(30)19-8-9-24-20-7-2-1-6-18(19)20/h1-2,6-9,13,17,29H,3-5,10-12,14-15H2/t17-/m1/s1. The lowest BCUT2D eigenvalue weighted by Crippen LogP contribution is -2.42. The van der Waals surface area contributed by atoms with Crippen molar-refractivity contribution in [2.45, 2.75) is 38.5 Å². The minimum Gasteiger partial charge on any atom is -0.391 e. The number of fused-ring (bicyclic) bond motifs is 2. The lowest BCUT2D eigenvalue weighted by Gasteiger charge is -2.29. The third-order valence-corrected chi connectivity index (χ3v) is 6.08. The van der Waals surface area contributed by atoms with Gasteiger partial charge in [0.1, 0.15) is 0 Å². The molecule has 31 heavy (non-hydrogen) atoms. The van der Waals surface area contributed by atoms with Crippen LogP contribution in [-0.2, 0) is 13.1 Å². The number of likely N-dealkylation sites (tertiary alicyclic amines) is 1. The van der Waals surface area contributed by atoms with Crippen LogP contribution in [0.1, 0.15) is 45.8 Å². The van der Waals surface area contributed by atoms with Crippen LogP contribution < -0.4 is 0 Å². The Bertz CT molecular complexity index is 1140. The van der Waals surface area contributed by atoms with E-state index in [9.17, 15) is 14.7 Å². The molecule has 1 aromatic carbocycles. The first-order valence-electron chi connectivity index (χ1n) is 10.8. The molecule has 2 aliphatic rings. The number of rotatable bonds is 2. The summed E-state index contributed by atoms with van der Waals surface area (Å²) in [5, 5.41) is 15.2. The van der Waals surface area contributed by atoms with Gasteiger partial charge in [-0.3, -0.25) is 19.3 Å². The highest BCUT2D eigenvalue weighted by atomic mass is 16.3. The second-order valence-corrected chi connectivity index (χ2v) is 8.25. The van der Waals surface area contributed by atoms with Gasteiger partial charge in [-0.05, 0) is 37.5 Å². The average molecular weight is 419 g/mol. The molecular formula is C23H25N5O3. The third-order valence-electron chi connectivity index (χ3n) is 6.08. The maximum atomic E-state index is 13.4. The summed E-state index contributed by atoms with van der Waals surface area (Å²) in [5.41, 5.74) is 2.67. The van der Waals surface area contributed by atoms with E-state index in [-0.39, 0.29) is 11.8 Å². The quantitative estimate of drug-likeness (QED) is 0.687. The van der Waals surface area contributed by atoms with Crippen LogP contribution in [0.5, 0.6) is 0 Å². The molecule has 1 atom stereocenters. The van der Waals surface area contributed by atoms with Gasteiger partial charge >= 0.3 is 0 Å². The molecule has 160 valence electrons. The molecule has 0 unspecified atom stereocenters. The van der Waals surface area contributed by atoms with E-state index in [0.717, 1.165) is 35.9 Å². The first kappa shape index (κ1) is 19.7. The smallest absolute Gasteiger partial charge is 0.274 e. The number of para-hydroxylation sites is 1. The molecule has 0 radical (unpaired) electrons. The number of carbonyl (C=O) groups excluding carboxylic acids is 2. The van der Waals surface area contributed by atoms with Crippen LogP contribution in [0.2, 0.25) is 0 Å². The second kappa shape index (κ2) is 8.11. The van der Waals surface area contributed by atoms with Crippen molar-refractivity contribution >= 4 is 22.7 Å². The summed E-state index contributed by atoms with van der Waals surface area (Å²) in [7, 11) is 0. The third kappa shape index (κ3) is 3.79. The molecule has 8 nitrogen and oxygen atoms in total. The van der Waals surface area contributed by atoms with Crippen molar-refractivity contribution in [1.82, 2.24) is 24.6 Å². The summed E-state index contributed by atoms with van der Waals surface area (Å²) in [5.74, 6) is -0.197. The highest BCUT2D eigenvalue weighted by molar-refractivity contribution is 6.06. The van der Waals surface area contributed by atoms with Crippen molar-refractivity contribution in [2.24, 2.45) is 0 Å². The lowest BCUT2D eigenvalue weighted by molar-refractivity contribution is 0.0468. The van der Waals surface area contributed by atoms with E-state index in [1.165, 1.54) is 0 Å². The molecule has 2 aliphatic heterocycles. The molecule has 2 aromatic heterocycles. The number of aryl methyl sites for hydroxylation is 1. The van der Waals surface area contributed by atoms with Gasteiger partial charge in [-0.15, -0.1) is 0 Å². The number of hydrogen-bond donors (Lipinski definition) is 1. The number of carbonyl (C=O) groups is 2. The molecule has 3 aromatic rings. The Morgan fingerprint density at radius 1 is 1.00 bits per heavy atom. The van der Waals surface area contributed by atoms with Crippen LogP contribution >= 0.6 is 0 Å². The van der Waals surface area contributed by atoms with Crippen molar-refractivity contribution in [3.05, 3.63) is 59.5 Å². The van der Waals surface area contributed by atoms with Crippen molar-refractivity contribution < 1.29 is 14.7 Å². The average Bonchev–Trinajstić information content (AvgIpc) is 3.09. The van der Waals surface area contributed by atoms with Gasteiger partial charge in [-0.1, -0.05) is 18.2 Å². The van der Waals surface area contributed by atoms with Crippen molar-refractivity contribution in [3.8, 4) is 0 Å². The first-order chi connectivity index (χ1) is 15.1. The van der Waals surface area contributed by atoms with Gasteiger partial charge in [0.2, 0.25) is 0 Å². The minimum atomic E-state index is -0.471. The number of aliphatic hydroxyl groups is 1. The molecule has 4 heterocycles. The van der Waals surface area contributed by atoms with Gasteiger partial charge in [-0.2, -0.15) is 5.10 Å². The topological polar surface area (TPSA) is 91.6 Å². The van der Waals surface area contributed by atoms with Crippen LogP contribution in [0.15, 0.2) is 42.6 Å². The van der Waals surface area contributed by atoms with E-state index >= 15 is 0 Å². The number of aromatic nitrogens is 3. The van der Waals surface area contributed by atoms with E-state index in [1.807, 2.05) is 33.8 Å². The molecule has 1 N–H and O–H groups in total. The van der Waals surface area contributed by atoms with Crippen molar-refractivity contribution in [1.29, 1.82) is 0 Å². The number of piperidine rings is 1. The maximum absolute atomic E-state index is 13.4. The zero-order valence-corrected chi connectivity index (χ0v) is 17.3. The normalized spacial score (nSPS) is 19.2. The van der Waals surface area contributed by atoms with Crippen molar-refractivity contribution in [2.75, 3.05) is 19.6 Å². The number of benzene rings is 1. The number of amides is 2. The van der Waals surface area contributed by atoms with Crippen LogP contribution in [0.3, 0.4) is 0 Å². The van der Waals surface area contributed by atoms with E-state index in [0.29, 0.717) is 44.0 Å². The van der Waals surface area contributed by atoms with E-state index in [4.69, 9.17) is 0 Å². The zero-order valence-electron chi connectivity index (χ0n) is 17.3. The molecule has 0 saturated carbocycles. The SMILES string of the molecule is O=C(c1cc2n(n1)CCCN(C(=O)c1ccnc3ccccc13)C2)N1CCC[C@@H](O)C1. The van der Waals surface area contributed by atoms with Crippen molar-refractivity contribution in [3.63, 3.8) is 0 Å². The number of hydrogen-bond acceptors (Lipinski definition) is 5. The van der Waals surface area contributed by atoms with E-state index in [1.54, 1.807) is 23.2 Å². The monoisotopic (exact) mass is 419 g/mol. The molecular weight excluding hydrogens is 394 g/mol. The Kier molecular flexibility index (Phi) is 5.15. The van der Waals surface area contributed by atoms with Crippen LogP contribution in [0, 0.1) is 0 Å². The second-order valence-electron chi connectivity index (χ2n) is 8.25. The Morgan fingerprint density at radius 3 is 2.71 bits per heavy atom. The maximum Gasteiger partial charge on any atom is 0.274 e. The van der Waals surface area contributed by atoms with Gasteiger partial charge in [0, 0.05) is 37.8 Å². The Labute approximate surface area is 180 Å².